The second-order valence-corrected chi connectivity index (χ2v) is 25.4. The van der Waals surface area contributed by atoms with Crippen LogP contribution in [0.4, 0.5) is 9.59 Å². The maximum atomic E-state index is 15.8. The molecule has 3 unspecified atom stereocenters. The van der Waals surface area contributed by atoms with E-state index >= 15 is 9.59 Å². The van der Waals surface area contributed by atoms with Crippen LogP contribution >= 0.6 is 11.3 Å². The number of rotatable bonds is 15. The minimum absolute atomic E-state index is 0.0128. The van der Waals surface area contributed by atoms with E-state index in [0.717, 1.165) is 0 Å². The van der Waals surface area contributed by atoms with E-state index in [4.69, 9.17) is 39.4 Å². The predicted molar refractivity (Wildman–Crippen MR) is 244 cm³/mol. The van der Waals surface area contributed by atoms with Crippen LogP contribution in [-0.2, 0) is 42.4 Å². The molecule has 364 valence electrons. The number of alkyl carbamates (subject to hydrolysis) is 1. The highest BCUT2D eigenvalue weighted by Crippen LogP contribution is 2.63. The van der Waals surface area contributed by atoms with Crippen molar-refractivity contribution in [3.05, 3.63) is 69.4 Å². The van der Waals surface area contributed by atoms with Crippen LogP contribution in [-0.4, -0.2) is 122 Å². The third-order valence-electron chi connectivity index (χ3n) is 14.7. The van der Waals surface area contributed by atoms with Crippen LogP contribution in [0.2, 0.25) is 18.1 Å². The smallest absolute Gasteiger partial charge is 0.456 e. The highest BCUT2D eigenvalue weighted by atomic mass is 32.1. The standard InChI is InChI=1S/C48H67NO15SSi/c1-12-58-43(55)61-35-33-27(5)29(60-41(53)36(64-66(13-2,14-3)15-4)34(30-22-19-23-65-30)49-42(54)63-44(6,7)8)25-48(57,45(33,9)10)39(62-40(52)28-20-17-16-18-21-28)37-46(11,38(35)51)31(50)24-32-47(37,56)26-59-32/h16-23,29,31-32,34-37,39,50,56-57H,12-15,24-26H2,1-11H3,(H,49,54)/t29-,31?,32+,34-,35+,36+,37?,39?,46+,47-,48+/m0/s1/i50D. The summed E-state index contributed by atoms with van der Waals surface area (Å²) in [5.41, 5.74) is -8.58. The summed E-state index contributed by atoms with van der Waals surface area (Å²) in [5.74, 6) is -4.24. The van der Waals surface area contributed by atoms with Crippen molar-refractivity contribution in [2.75, 3.05) is 13.2 Å². The van der Waals surface area contributed by atoms with Crippen LogP contribution in [0.25, 0.3) is 0 Å². The Morgan fingerprint density at radius 3 is 2.20 bits per heavy atom. The molecule has 2 bridgehead atoms. The number of esters is 2. The zero-order chi connectivity index (χ0) is 49.5. The van der Waals surface area contributed by atoms with Gasteiger partial charge in [-0.3, -0.25) is 4.79 Å². The van der Waals surface area contributed by atoms with E-state index in [-0.39, 0.29) is 36.3 Å². The summed E-state index contributed by atoms with van der Waals surface area (Å²) in [6, 6.07) is 12.2. The summed E-state index contributed by atoms with van der Waals surface area (Å²) < 4.78 is 50.9. The maximum absolute atomic E-state index is 15.8. The van der Waals surface area contributed by atoms with E-state index in [1.807, 2.05) is 20.8 Å². The van der Waals surface area contributed by atoms with Gasteiger partial charge >= 0.3 is 24.2 Å². The third kappa shape index (κ3) is 9.10. The molecule has 1 aromatic carbocycles. The summed E-state index contributed by atoms with van der Waals surface area (Å²) in [5, 5.41) is 36.6. The van der Waals surface area contributed by atoms with Crippen molar-refractivity contribution >= 4 is 49.6 Å². The van der Waals surface area contributed by atoms with Gasteiger partial charge in [-0.25, -0.2) is 19.2 Å². The molecule has 2 aromatic rings. The number of amides is 1. The molecule has 1 aliphatic heterocycles. The first kappa shape index (κ1) is 49.7. The molecule has 0 radical (unpaired) electrons. The van der Waals surface area contributed by atoms with Crippen molar-refractivity contribution in [3.63, 3.8) is 0 Å². The second-order valence-electron chi connectivity index (χ2n) is 19.7. The van der Waals surface area contributed by atoms with E-state index in [9.17, 15) is 24.6 Å². The number of carbonyl (C=O) groups excluding carboxylic acids is 5. The van der Waals surface area contributed by atoms with Gasteiger partial charge in [0.15, 0.2) is 26.3 Å². The Morgan fingerprint density at radius 2 is 1.65 bits per heavy atom. The lowest BCUT2D eigenvalue weighted by molar-refractivity contribution is -0.343. The average molecular weight is 959 g/mol. The van der Waals surface area contributed by atoms with Gasteiger partial charge in [-0.15, -0.1) is 11.3 Å². The van der Waals surface area contributed by atoms with Crippen molar-refractivity contribution in [1.29, 1.82) is 1.43 Å². The fourth-order valence-corrected chi connectivity index (χ4v) is 14.2. The largest absolute Gasteiger partial charge is 0.509 e. The van der Waals surface area contributed by atoms with Crippen LogP contribution in [0.3, 0.4) is 0 Å². The van der Waals surface area contributed by atoms with Crippen LogP contribution in [0, 0.1) is 16.7 Å². The number of nitrogens with one attached hydrogen (secondary N) is 1. The molecular formula is C48H67NO15SSi. The summed E-state index contributed by atoms with van der Waals surface area (Å²) in [4.78, 5) is 73.1. The molecular weight excluding hydrogens is 891 g/mol. The molecule has 1 saturated heterocycles. The third-order valence-corrected chi connectivity index (χ3v) is 20.2. The molecule has 4 aliphatic rings. The maximum Gasteiger partial charge on any atom is 0.509 e. The molecule has 3 aliphatic carbocycles. The number of fused-ring (bicyclic) bond motifs is 5. The number of hydrogen-bond acceptors (Lipinski definition) is 16. The number of thiophene rings is 1. The Hall–Kier alpha value is -4.17. The lowest BCUT2D eigenvalue weighted by Gasteiger charge is -2.66. The summed E-state index contributed by atoms with van der Waals surface area (Å²) >= 11 is 1.29. The Kier molecular flexibility index (Phi) is 14.4. The minimum Gasteiger partial charge on any atom is -0.456 e. The lowest BCUT2D eigenvalue weighted by Crippen LogP contribution is -2.81. The molecule has 66 heavy (non-hydrogen) atoms. The van der Waals surface area contributed by atoms with E-state index in [1.54, 1.807) is 84.2 Å². The fourth-order valence-electron chi connectivity index (χ4n) is 10.6. The van der Waals surface area contributed by atoms with Crippen molar-refractivity contribution in [3.8, 4) is 0 Å². The fraction of sp³-hybridized carbons (Fsp3) is 0.646. The van der Waals surface area contributed by atoms with Crippen LogP contribution in [0.5, 0.6) is 0 Å². The summed E-state index contributed by atoms with van der Waals surface area (Å²) in [6.45, 7) is 18.4. The SMILES string of the molecule is [2H]OC1C[C@H]2OC[C@@]2(O)C2C(OC(=O)c3ccccc3)[C@]3(O)C[C@H](OC(=O)[C@H](O[Si](CC)(CC)CC)[C@@H](NC(=O)OC(C)(C)C)c4cccs4)C(C)=C([C@@H](OC(=O)OCC)C(=O)[C@]12C)C3(C)C. The molecule has 16 nitrogen and oxygen atoms in total. The Balaban J connectivity index is 1.58. The zero-order valence-corrected chi connectivity index (χ0v) is 41.6. The second kappa shape index (κ2) is 19.1. The van der Waals surface area contributed by atoms with Gasteiger partial charge in [-0.05, 0) is 94.4 Å². The highest BCUT2D eigenvalue weighted by molar-refractivity contribution is 7.10. The molecule has 18 heteroatoms. The Morgan fingerprint density at radius 1 is 0.985 bits per heavy atom. The topological polar surface area (TPSA) is 223 Å². The number of aliphatic hydroxyl groups excluding tert-OH is 1. The predicted octanol–water partition coefficient (Wildman–Crippen LogP) is 6.96. The number of hydrogen-bond donors (Lipinski definition) is 4. The monoisotopic (exact) mass is 958 g/mol. The van der Waals surface area contributed by atoms with Crippen LogP contribution in [0.15, 0.2) is 59.0 Å². The van der Waals surface area contributed by atoms with Gasteiger partial charge < -0.3 is 53.5 Å². The van der Waals surface area contributed by atoms with Gasteiger partial charge in [0.05, 0.1) is 36.4 Å². The molecule has 3 fully saturated rings. The van der Waals surface area contributed by atoms with Gasteiger partial charge in [-0.1, -0.05) is 58.9 Å². The Bertz CT molecular complexity index is 2170. The van der Waals surface area contributed by atoms with Gasteiger partial charge in [0.1, 0.15) is 35.1 Å². The number of ether oxygens (including phenoxy) is 6. The minimum atomic E-state index is -2.73. The van der Waals surface area contributed by atoms with Gasteiger partial charge in [0.25, 0.3) is 0 Å². The zero-order valence-electron chi connectivity index (χ0n) is 40.8. The van der Waals surface area contributed by atoms with Gasteiger partial charge in [0, 0.05) is 29.1 Å². The lowest BCUT2D eigenvalue weighted by atomic mass is 9.44. The molecule has 1 aromatic heterocycles. The van der Waals surface area contributed by atoms with E-state index in [2.05, 4.69) is 5.32 Å². The first-order valence-electron chi connectivity index (χ1n) is 23.3. The Labute approximate surface area is 393 Å². The first-order valence-corrected chi connectivity index (χ1v) is 26.3. The molecule has 1 amide bonds. The van der Waals surface area contributed by atoms with Crippen molar-refractivity contribution in [1.82, 2.24) is 5.32 Å². The molecule has 2 heterocycles. The van der Waals surface area contributed by atoms with Crippen molar-refractivity contribution in [2.45, 2.75) is 167 Å². The van der Waals surface area contributed by atoms with E-state index < -0.39 is 121 Å². The number of ketones is 1. The average Bonchev–Trinajstić information content (AvgIpc) is 3.81. The van der Waals surface area contributed by atoms with Crippen LogP contribution in [0.1, 0.15) is 110 Å². The number of Topliss-reactive ketones (excluding diaryl/α,β-unsaturated/α-hetero) is 1. The molecule has 0 spiro atoms. The highest BCUT2D eigenvalue weighted by Gasteiger charge is 2.77. The van der Waals surface area contributed by atoms with Crippen molar-refractivity contribution in [2.24, 2.45) is 16.7 Å². The normalized spacial score (nSPS) is 31.5. The number of aliphatic hydroxyl groups is 3. The molecule has 2 saturated carbocycles. The summed E-state index contributed by atoms with van der Waals surface area (Å²) in [7, 11) is -2.73. The number of benzene rings is 1. The quantitative estimate of drug-likeness (QED) is 0.0613. The van der Waals surface area contributed by atoms with E-state index in [1.165, 1.54) is 30.4 Å². The number of carbonyl (C=O) groups is 5. The van der Waals surface area contributed by atoms with Crippen LogP contribution < -0.4 is 5.32 Å². The van der Waals surface area contributed by atoms with Gasteiger partial charge in [-0.2, -0.15) is 0 Å². The van der Waals surface area contributed by atoms with E-state index in [0.29, 0.717) is 23.0 Å². The van der Waals surface area contributed by atoms with Crippen molar-refractivity contribution < 1.29 is 72.1 Å². The molecule has 6 rings (SSSR count). The molecule has 4 N–H and O–H groups in total. The molecule has 11 atom stereocenters. The van der Waals surface area contributed by atoms with Gasteiger partial charge in [0.2, 0.25) is 1.43 Å². The first-order chi connectivity index (χ1) is 31.4. The summed E-state index contributed by atoms with van der Waals surface area (Å²) in [6.07, 6.45) is -11.6.